The van der Waals surface area contributed by atoms with Crippen LogP contribution in [0.4, 0.5) is 5.82 Å². The van der Waals surface area contributed by atoms with Crippen molar-refractivity contribution >= 4 is 28.3 Å². The second kappa shape index (κ2) is 8.25. The Labute approximate surface area is 156 Å². The van der Waals surface area contributed by atoms with E-state index in [-0.39, 0.29) is 5.28 Å². The molecule has 1 N–H and O–H groups in total. The largest absolute Gasteiger partial charge is 0.493 e. The topological polar surface area (TPSA) is 72.7 Å². The average molecular weight is 377 g/mol. The molecule has 0 radical (unpaired) electrons. The highest BCUT2D eigenvalue weighted by Crippen LogP contribution is 2.35. The highest BCUT2D eigenvalue weighted by atomic mass is 35.5. The summed E-state index contributed by atoms with van der Waals surface area (Å²) < 4.78 is 16.7. The maximum absolute atomic E-state index is 6.07. The van der Waals surface area contributed by atoms with E-state index in [0.29, 0.717) is 36.0 Å². The van der Waals surface area contributed by atoms with Crippen LogP contribution in [0.2, 0.25) is 5.28 Å². The van der Waals surface area contributed by atoms with E-state index in [9.17, 15) is 0 Å². The number of fused-ring (bicyclic) bond motifs is 1. The van der Waals surface area contributed by atoms with E-state index in [1.54, 1.807) is 19.4 Å². The Bertz CT molecular complexity index is 868. The molecule has 26 heavy (non-hydrogen) atoms. The molecular weight excluding hydrogens is 356 g/mol. The predicted octanol–water partition coefficient (Wildman–Crippen LogP) is 3.44. The van der Waals surface area contributed by atoms with Crippen LogP contribution in [0.3, 0.4) is 0 Å². The summed E-state index contributed by atoms with van der Waals surface area (Å²) in [6.45, 7) is 1.82. The van der Waals surface area contributed by atoms with Crippen LogP contribution in [-0.4, -0.2) is 49.2 Å². The van der Waals surface area contributed by atoms with Gasteiger partial charge in [-0.15, -0.1) is 0 Å². The number of methoxy groups -OCH3 is 1. The van der Waals surface area contributed by atoms with Gasteiger partial charge in [-0.2, -0.15) is 0 Å². The SMILES string of the molecule is COc1cc2nc(Cl)nc(NCc3ccco3)c2cc1OCCN(C)C. The van der Waals surface area contributed by atoms with Gasteiger partial charge in [-0.3, -0.25) is 0 Å². The van der Waals surface area contributed by atoms with Crippen LogP contribution in [0.15, 0.2) is 34.9 Å². The highest BCUT2D eigenvalue weighted by molar-refractivity contribution is 6.28. The van der Waals surface area contributed by atoms with Crippen LogP contribution >= 0.6 is 11.6 Å². The molecule has 0 amide bonds. The number of furan rings is 1. The number of aromatic nitrogens is 2. The molecular formula is C18H21ClN4O3. The van der Waals surface area contributed by atoms with E-state index in [2.05, 4.69) is 15.3 Å². The molecule has 0 saturated heterocycles. The van der Waals surface area contributed by atoms with Crippen LogP contribution in [0.25, 0.3) is 10.9 Å². The van der Waals surface area contributed by atoms with Crippen LogP contribution in [0.5, 0.6) is 11.5 Å². The molecule has 7 nitrogen and oxygen atoms in total. The van der Waals surface area contributed by atoms with Gasteiger partial charge in [0.2, 0.25) is 5.28 Å². The minimum absolute atomic E-state index is 0.155. The standard InChI is InChI=1S/C18H21ClN4O3/c1-23(2)6-8-26-16-9-13-14(10-15(16)24-3)21-18(19)22-17(13)20-11-12-5-4-7-25-12/h4-5,7,9-10H,6,8,11H2,1-3H3,(H,20,21,22). The molecule has 0 spiro atoms. The summed E-state index contributed by atoms with van der Waals surface area (Å²) in [6.07, 6.45) is 1.63. The number of halogens is 1. The molecule has 0 aliphatic carbocycles. The van der Waals surface area contributed by atoms with Crippen LogP contribution in [-0.2, 0) is 6.54 Å². The first kappa shape index (κ1) is 18.3. The third-order valence-corrected chi connectivity index (χ3v) is 3.93. The third kappa shape index (κ3) is 4.36. The molecule has 0 fully saturated rings. The average Bonchev–Trinajstić information content (AvgIpc) is 3.12. The fraction of sp³-hybridized carbons (Fsp3) is 0.333. The van der Waals surface area contributed by atoms with Gasteiger partial charge < -0.3 is 24.1 Å². The summed E-state index contributed by atoms with van der Waals surface area (Å²) in [5.74, 6) is 2.64. The summed E-state index contributed by atoms with van der Waals surface area (Å²) >= 11 is 6.07. The summed E-state index contributed by atoms with van der Waals surface area (Å²) in [6, 6.07) is 7.39. The van der Waals surface area contributed by atoms with E-state index in [4.69, 9.17) is 25.5 Å². The minimum Gasteiger partial charge on any atom is -0.493 e. The van der Waals surface area contributed by atoms with Gasteiger partial charge in [-0.05, 0) is 43.9 Å². The molecule has 0 aliphatic rings. The predicted molar refractivity (Wildman–Crippen MR) is 101 cm³/mol. The van der Waals surface area contributed by atoms with Gasteiger partial charge in [0.25, 0.3) is 0 Å². The van der Waals surface area contributed by atoms with Crippen molar-refractivity contribution in [3.63, 3.8) is 0 Å². The van der Waals surface area contributed by atoms with Gasteiger partial charge in [0.1, 0.15) is 18.2 Å². The molecule has 2 heterocycles. The summed E-state index contributed by atoms with van der Waals surface area (Å²) in [5, 5.41) is 4.18. The molecule has 0 unspecified atom stereocenters. The maximum atomic E-state index is 6.07. The zero-order valence-electron chi connectivity index (χ0n) is 15.0. The second-order valence-electron chi connectivity index (χ2n) is 5.95. The number of nitrogens with zero attached hydrogens (tertiary/aromatic N) is 3. The number of anilines is 1. The fourth-order valence-electron chi connectivity index (χ4n) is 2.44. The number of nitrogens with one attached hydrogen (secondary N) is 1. The number of hydrogen-bond acceptors (Lipinski definition) is 7. The molecule has 1 aromatic carbocycles. The summed E-state index contributed by atoms with van der Waals surface area (Å²) in [4.78, 5) is 10.6. The molecule has 3 rings (SSSR count). The maximum Gasteiger partial charge on any atom is 0.224 e. The molecule has 138 valence electrons. The van der Waals surface area contributed by atoms with Gasteiger partial charge in [0, 0.05) is 18.0 Å². The van der Waals surface area contributed by atoms with E-state index in [0.717, 1.165) is 17.7 Å². The van der Waals surface area contributed by atoms with Crippen molar-refractivity contribution in [2.45, 2.75) is 6.54 Å². The first-order valence-corrected chi connectivity index (χ1v) is 8.53. The number of benzene rings is 1. The zero-order chi connectivity index (χ0) is 18.5. The van der Waals surface area contributed by atoms with Crippen molar-refractivity contribution in [1.82, 2.24) is 14.9 Å². The summed E-state index contributed by atoms with van der Waals surface area (Å²) in [7, 11) is 5.58. The van der Waals surface area contributed by atoms with Crippen LogP contribution < -0.4 is 14.8 Å². The van der Waals surface area contributed by atoms with Crippen LogP contribution in [0.1, 0.15) is 5.76 Å². The van der Waals surface area contributed by atoms with E-state index in [1.165, 1.54) is 0 Å². The Kier molecular flexibility index (Phi) is 5.80. The zero-order valence-corrected chi connectivity index (χ0v) is 15.7. The smallest absolute Gasteiger partial charge is 0.224 e. The van der Waals surface area contributed by atoms with E-state index >= 15 is 0 Å². The molecule has 2 aromatic heterocycles. The highest BCUT2D eigenvalue weighted by Gasteiger charge is 2.13. The first-order valence-electron chi connectivity index (χ1n) is 8.16. The lowest BCUT2D eigenvalue weighted by Gasteiger charge is -2.15. The Morgan fingerprint density at radius 1 is 1.23 bits per heavy atom. The summed E-state index contributed by atoms with van der Waals surface area (Å²) in [5.41, 5.74) is 0.670. The van der Waals surface area contributed by atoms with Crippen molar-refractivity contribution in [3.8, 4) is 11.5 Å². The van der Waals surface area contributed by atoms with E-state index < -0.39 is 0 Å². The Balaban J connectivity index is 1.92. The Hall–Kier alpha value is -2.51. The van der Waals surface area contributed by atoms with Crippen molar-refractivity contribution in [2.24, 2.45) is 0 Å². The lowest BCUT2D eigenvalue weighted by Crippen LogP contribution is -2.19. The number of hydrogen-bond donors (Lipinski definition) is 1. The molecule has 0 atom stereocenters. The molecule has 0 saturated carbocycles. The van der Waals surface area contributed by atoms with Gasteiger partial charge in [-0.1, -0.05) is 0 Å². The Morgan fingerprint density at radius 2 is 2.08 bits per heavy atom. The second-order valence-corrected chi connectivity index (χ2v) is 6.28. The number of likely N-dealkylation sites (N-methyl/N-ethyl adjacent to an activating group) is 1. The van der Waals surface area contributed by atoms with Gasteiger partial charge in [0.05, 0.1) is 25.4 Å². The quantitative estimate of drug-likeness (QED) is 0.603. The molecule has 0 aliphatic heterocycles. The van der Waals surface area contributed by atoms with Crippen molar-refractivity contribution in [1.29, 1.82) is 0 Å². The molecule has 3 aromatic rings. The van der Waals surface area contributed by atoms with Gasteiger partial charge in [0.15, 0.2) is 11.5 Å². The molecule has 0 bridgehead atoms. The number of rotatable bonds is 8. The third-order valence-electron chi connectivity index (χ3n) is 3.76. The van der Waals surface area contributed by atoms with Crippen molar-refractivity contribution < 1.29 is 13.9 Å². The lowest BCUT2D eigenvalue weighted by molar-refractivity contribution is 0.251. The fourth-order valence-corrected chi connectivity index (χ4v) is 2.61. The van der Waals surface area contributed by atoms with E-state index in [1.807, 2.05) is 37.2 Å². The van der Waals surface area contributed by atoms with Gasteiger partial charge >= 0.3 is 0 Å². The Morgan fingerprint density at radius 3 is 2.77 bits per heavy atom. The number of ether oxygens (including phenoxy) is 2. The van der Waals surface area contributed by atoms with Crippen LogP contribution in [0, 0.1) is 0 Å². The van der Waals surface area contributed by atoms with Crippen molar-refractivity contribution in [2.75, 3.05) is 39.7 Å². The minimum atomic E-state index is 0.155. The van der Waals surface area contributed by atoms with Gasteiger partial charge in [-0.25, -0.2) is 9.97 Å². The monoisotopic (exact) mass is 376 g/mol. The normalized spacial score (nSPS) is 11.1. The lowest BCUT2D eigenvalue weighted by atomic mass is 10.2. The first-order chi connectivity index (χ1) is 12.6. The molecule has 8 heteroatoms. The van der Waals surface area contributed by atoms with Crippen molar-refractivity contribution in [3.05, 3.63) is 41.6 Å².